The zero-order valence-electron chi connectivity index (χ0n) is 14.5. The number of hydrogen-bond acceptors (Lipinski definition) is 4. The molecule has 0 aliphatic heterocycles. The van der Waals surface area contributed by atoms with Crippen LogP contribution in [0, 0.1) is 0 Å². The second-order valence-electron chi connectivity index (χ2n) is 5.62. The van der Waals surface area contributed by atoms with Gasteiger partial charge < -0.3 is 15.4 Å². The number of thiophene rings is 1. The number of ether oxygens (including phenoxy) is 1. The van der Waals surface area contributed by atoms with Crippen molar-refractivity contribution >= 4 is 40.4 Å². The monoisotopic (exact) mass is 400 g/mol. The van der Waals surface area contributed by atoms with Gasteiger partial charge in [-0.25, -0.2) is 0 Å². The molecule has 0 radical (unpaired) electrons. The molecule has 0 atom stereocenters. The lowest BCUT2D eigenvalue weighted by atomic mass is 10.1. The van der Waals surface area contributed by atoms with Crippen LogP contribution in [0.1, 0.15) is 25.6 Å². The molecule has 0 bridgehead atoms. The van der Waals surface area contributed by atoms with E-state index in [2.05, 4.69) is 10.6 Å². The van der Waals surface area contributed by atoms with Crippen LogP contribution in [-0.4, -0.2) is 18.9 Å². The molecule has 3 aromatic rings. The third kappa shape index (κ3) is 4.87. The Morgan fingerprint density at radius 1 is 1.07 bits per heavy atom. The Bertz CT molecular complexity index is 958. The predicted molar refractivity (Wildman–Crippen MR) is 108 cm³/mol. The Labute approximate surface area is 165 Å². The highest BCUT2D eigenvalue weighted by molar-refractivity contribution is 7.09. The molecule has 2 amide bonds. The van der Waals surface area contributed by atoms with Crippen LogP contribution in [-0.2, 0) is 6.61 Å². The first-order chi connectivity index (χ1) is 13.1. The van der Waals surface area contributed by atoms with E-state index in [4.69, 9.17) is 16.3 Å². The van der Waals surface area contributed by atoms with Crippen LogP contribution in [0.3, 0.4) is 0 Å². The number of nitrogens with one attached hydrogen (secondary N) is 2. The van der Waals surface area contributed by atoms with E-state index in [0.29, 0.717) is 34.2 Å². The van der Waals surface area contributed by atoms with E-state index in [1.54, 1.807) is 47.7 Å². The van der Waals surface area contributed by atoms with Crippen LogP contribution in [0.5, 0.6) is 5.75 Å². The number of carbonyl (C=O) groups excluding carboxylic acids is 2. The molecule has 0 spiro atoms. The Morgan fingerprint density at radius 2 is 1.93 bits per heavy atom. The van der Waals surface area contributed by atoms with Gasteiger partial charge in [0.05, 0.1) is 10.6 Å². The first kappa shape index (κ1) is 18.9. The summed E-state index contributed by atoms with van der Waals surface area (Å²) < 4.78 is 5.73. The summed E-state index contributed by atoms with van der Waals surface area (Å²) in [6, 6.07) is 15.6. The van der Waals surface area contributed by atoms with Crippen LogP contribution in [0.15, 0.2) is 60.0 Å². The van der Waals surface area contributed by atoms with Crippen molar-refractivity contribution < 1.29 is 14.3 Å². The smallest absolute Gasteiger partial charge is 0.255 e. The van der Waals surface area contributed by atoms with Crippen molar-refractivity contribution in [3.05, 3.63) is 81.0 Å². The Balaban J connectivity index is 1.71. The number of anilines is 1. The standard InChI is InChI=1S/C20H17ClN2O3S/c1-22-20(25)17-11-14(7-8-18(17)21)23-19(24)13-4-2-5-15(10-13)26-12-16-6-3-9-27-16/h2-11H,12H2,1H3,(H,22,25)(H,23,24). The Hall–Kier alpha value is -2.83. The molecular weight excluding hydrogens is 384 g/mol. The van der Waals surface area contributed by atoms with Gasteiger partial charge in [-0.15, -0.1) is 11.3 Å². The average molecular weight is 401 g/mol. The lowest BCUT2D eigenvalue weighted by Gasteiger charge is -2.10. The maximum Gasteiger partial charge on any atom is 0.255 e. The van der Waals surface area contributed by atoms with E-state index in [-0.39, 0.29) is 11.8 Å². The number of halogens is 1. The SMILES string of the molecule is CNC(=O)c1cc(NC(=O)c2cccc(OCc3cccs3)c2)ccc1Cl. The molecule has 1 heterocycles. The van der Waals surface area contributed by atoms with Gasteiger partial charge in [0, 0.05) is 23.2 Å². The molecule has 0 aliphatic rings. The van der Waals surface area contributed by atoms with Crippen molar-refractivity contribution in [3.63, 3.8) is 0 Å². The quantitative estimate of drug-likeness (QED) is 0.635. The second kappa shape index (κ2) is 8.70. The largest absolute Gasteiger partial charge is 0.488 e. The first-order valence-corrected chi connectivity index (χ1v) is 9.41. The summed E-state index contributed by atoms with van der Waals surface area (Å²) in [5.74, 6) is -0.0139. The molecule has 3 rings (SSSR count). The van der Waals surface area contributed by atoms with Gasteiger partial charge >= 0.3 is 0 Å². The number of rotatable bonds is 6. The predicted octanol–water partition coefficient (Wildman–Crippen LogP) is 4.59. The molecule has 0 saturated heterocycles. The molecule has 7 heteroatoms. The summed E-state index contributed by atoms with van der Waals surface area (Å²) in [6.45, 7) is 0.454. The van der Waals surface area contributed by atoms with Gasteiger partial charge in [-0.3, -0.25) is 9.59 Å². The highest BCUT2D eigenvalue weighted by atomic mass is 35.5. The topological polar surface area (TPSA) is 67.4 Å². The van der Waals surface area contributed by atoms with Gasteiger partial charge in [0.1, 0.15) is 12.4 Å². The van der Waals surface area contributed by atoms with Crippen LogP contribution < -0.4 is 15.4 Å². The molecule has 0 aliphatic carbocycles. The van der Waals surface area contributed by atoms with E-state index >= 15 is 0 Å². The molecule has 5 nitrogen and oxygen atoms in total. The third-order valence-corrected chi connectivity index (χ3v) is 4.93. The van der Waals surface area contributed by atoms with Gasteiger partial charge in [-0.2, -0.15) is 0 Å². The normalized spacial score (nSPS) is 10.3. The summed E-state index contributed by atoms with van der Waals surface area (Å²) in [4.78, 5) is 25.5. The van der Waals surface area contributed by atoms with Gasteiger partial charge in [0.15, 0.2) is 0 Å². The maximum absolute atomic E-state index is 12.5. The minimum atomic E-state index is -0.319. The van der Waals surface area contributed by atoms with Crippen LogP contribution in [0.4, 0.5) is 5.69 Å². The Morgan fingerprint density at radius 3 is 2.67 bits per heavy atom. The molecule has 0 unspecified atom stereocenters. The highest BCUT2D eigenvalue weighted by Crippen LogP contribution is 2.22. The summed E-state index contributed by atoms with van der Waals surface area (Å²) in [6.07, 6.45) is 0. The molecule has 2 N–H and O–H groups in total. The number of benzene rings is 2. The van der Waals surface area contributed by atoms with Crippen molar-refractivity contribution in [3.8, 4) is 5.75 Å². The lowest BCUT2D eigenvalue weighted by Crippen LogP contribution is -2.19. The molecule has 1 aromatic heterocycles. The zero-order valence-corrected chi connectivity index (χ0v) is 16.1. The number of carbonyl (C=O) groups is 2. The average Bonchev–Trinajstić information content (AvgIpc) is 3.21. The summed E-state index contributed by atoms with van der Waals surface area (Å²) in [7, 11) is 1.52. The molecule has 138 valence electrons. The molecular formula is C20H17ClN2O3S. The highest BCUT2D eigenvalue weighted by Gasteiger charge is 2.12. The zero-order chi connectivity index (χ0) is 19.2. The van der Waals surface area contributed by atoms with Crippen LogP contribution >= 0.6 is 22.9 Å². The maximum atomic E-state index is 12.5. The van der Waals surface area contributed by atoms with Gasteiger partial charge in [-0.1, -0.05) is 23.7 Å². The van der Waals surface area contributed by atoms with Gasteiger partial charge in [0.25, 0.3) is 11.8 Å². The summed E-state index contributed by atoms with van der Waals surface area (Å²) >= 11 is 7.65. The fourth-order valence-corrected chi connectivity index (χ4v) is 3.21. The summed E-state index contributed by atoms with van der Waals surface area (Å²) in [5, 5.41) is 7.59. The van der Waals surface area contributed by atoms with E-state index < -0.39 is 0 Å². The van der Waals surface area contributed by atoms with E-state index in [9.17, 15) is 9.59 Å². The van der Waals surface area contributed by atoms with Crippen LogP contribution in [0.2, 0.25) is 5.02 Å². The Kier molecular flexibility index (Phi) is 6.11. The minimum absolute atomic E-state index is 0.296. The molecule has 0 fully saturated rings. The van der Waals surface area contributed by atoms with Crippen molar-refractivity contribution in [2.75, 3.05) is 12.4 Å². The fraction of sp³-hybridized carbons (Fsp3) is 0.100. The second-order valence-corrected chi connectivity index (χ2v) is 7.06. The van der Waals surface area contributed by atoms with Crippen molar-refractivity contribution in [2.24, 2.45) is 0 Å². The molecule has 2 aromatic carbocycles. The summed E-state index contributed by atoms with van der Waals surface area (Å²) in [5.41, 5.74) is 1.23. The number of amides is 2. The lowest BCUT2D eigenvalue weighted by molar-refractivity contribution is 0.0961. The molecule has 27 heavy (non-hydrogen) atoms. The first-order valence-electron chi connectivity index (χ1n) is 8.15. The fourth-order valence-electron chi connectivity index (χ4n) is 2.39. The van der Waals surface area contributed by atoms with Crippen molar-refractivity contribution in [1.29, 1.82) is 0 Å². The third-order valence-electron chi connectivity index (χ3n) is 3.75. The van der Waals surface area contributed by atoms with Crippen LogP contribution in [0.25, 0.3) is 0 Å². The van der Waals surface area contributed by atoms with Crippen molar-refractivity contribution in [1.82, 2.24) is 5.32 Å². The van der Waals surface area contributed by atoms with Gasteiger partial charge in [-0.05, 0) is 47.8 Å². The number of hydrogen-bond donors (Lipinski definition) is 2. The van der Waals surface area contributed by atoms with E-state index in [1.165, 1.54) is 13.1 Å². The molecule has 0 saturated carbocycles. The minimum Gasteiger partial charge on any atom is -0.488 e. The van der Waals surface area contributed by atoms with E-state index in [0.717, 1.165) is 4.88 Å². The van der Waals surface area contributed by atoms with E-state index in [1.807, 2.05) is 17.5 Å². The van der Waals surface area contributed by atoms with Gasteiger partial charge in [0.2, 0.25) is 0 Å². The van der Waals surface area contributed by atoms with Crippen molar-refractivity contribution in [2.45, 2.75) is 6.61 Å².